The predicted octanol–water partition coefficient (Wildman–Crippen LogP) is 3.64. The van der Waals surface area contributed by atoms with Crippen LogP contribution in [0.3, 0.4) is 0 Å². The first kappa shape index (κ1) is 15.4. The molecule has 6 heteroatoms. The molecule has 1 N–H and O–H groups in total. The van der Waals surface area contributed by atoms with Crippen LogP contribution in [0.4, 0.5) is 5.82 Å². The van der Waals surface area contributed by atoms with Gasteiger partial charge in [0.1, 0.15) is 17.8 Å². The second kappa shape index (κ2) is 7.13. The zero-order chi connectivity index (χ0) is 15.2. The first-order valence-electron chi connectivity index (χ1n) is 6.68. The molecule has 0 aliphatic heterocycles. The third-order valence-electron chi connectivity index (χ3n) is 2.97. The molecule has 0 saturated heterocycles. The van der Waals surface area contributed by atoms with E-state index >= 15 is 0 Å². The molecule has 2 rings (SSSR count). The van der Waals surface area contributed by atoms with Gasteiger partial charge in [0.15, 0.2) is 11.6 Å². The SMILES string of the molecule is CCCNc1ncnc(-c2cc(Cl)ccc2OC)c1OC. The van der Waals surface area contributed by atoms with E-state index in [-0.39, 0.29) is 0 Å². The molecule has 2 aromatic rings. The molecule has 0 bridgehead atoms. The van der Waals surface area contributed by atoms with Gasteiger partial charge in [-0.05, 0) is 24.6 Å². The fraction of sp³-hybridized carbons (Fsp3) is 0.333. The van der Waals surface area contributed by atoms with Crippen molar-refractivity contribution in [3.8, 4) is 22.8 Å². The lowest BCUT2D eigenvalue weighted by atomic mass is 10.1. The van der Waals surface area contributed by atoms with Crippen LogP contribution in [-0.4, -0.2) is 30.7 Å². The van der Waals surface area contributed by atoms with Gasteiger partial charge >= 0.3 is 0 Å². The zero-order valence-corrected chi connectivity index (χ0v) is 13.1. The van der Waals surface area contributed by atoms with E-state index in [0.717, 1.165) is 18.5 Å². The first-order valence-corrected chi connectivity index (χ1v) is 7.05. The van der Waals surface area contributed by atoms with Gasteiger partial charge in [-0.3, -0.25) is 0 Å². The number of methoxy groups -OCH3 is 2. The minimum atomic E-state index is 0.575. The number of rotatable bonds is 6. The maximum Gasteiger partial charge on any atom is 0.187 e. The van der Waals surface area contributed by atoms with Crippen molar-refractivity contribution in [1.29, 1.82) is 0 Å². The fourth-order valence-corrected chi connectivity index (χ4v) is 2.17. The van der Waals surface area contributed by atoms with Gasteiger partial charge in [-0.2, -0.15) is 0 Å². The van der Waals surface area contributed by atoms with E-state index in [2.05, 4.69) is 22.2 Å². The van der Waals surface area contributed by atoms with Crippen LogP contribution in [0.5, 0.6) is 11.5 Å². The maximum atomic E-state index is 6.09. The van der Waals surface area contributed by atoms with Crippen LogP contribution in [0, 0.1) is 0 Å². The summed E-state index contributed by atoms with van der Waals surface area (Å²) in [6, 6.07) is 5.38. The summed E-state index contributed by atoms with van der Waals surface area (Å²) in [6.07, 6.45) is 2.49. The van der Waals surface area contributed by atoms with E-state index < -0.39 is 0 Å². The summed E-state index contributed by atoms with van der Waals surface area (Å²) in [4.78, 5) is 8.55. The maximum absolute atomic E-state index is 6.09. The van der Waals surface area contributed by atoms with Gasteiger partial charge in [-0.25, -0.2) is 9.97 Å². The molecule has 0 fully saturated rings. The number of ether oxygens (including phenoxy) is 2. The van der Waals surface area contributed by atoms with Crippen molar-refractivity contribution in [2.75, 3.05) is 26.1 Å². The molecule has 1 heterocycles. The normalized spacial score (nSPS) is 10.3. The molecule has 0 radical (unpaired) electrons. The monoisotopic (exact) mass is 307 g/mol. The van der Waals surface area contributed by atoms with Gasteiger partial charge < -0.3 is 14.8 Å². The molecule has 0 saturated carbocycles. The Morgan fingerprint density at radius 2 is 2.00 bits per heavy atom. The van der Waals surface area contributed by atoms with E-state index in [4.69, 9.17) is 21.1 Å². The molecule has 1 aromatic carbocycles. The van der Waals surface area contributed by atoms with Crippen LogP contribution in [0.2, 0.25) is 5.02 Å². The van der Waals surface area contributed by atoms with Crippen molar-refractivity contribution in [3.05, 3.63) is 29.5 Å². The number of hydrogen-bond donors (Lipinski definition) is 1. The summed E-state index contributed by atoms with van der Waals surface area (Å²) in [7, 11) is 3.20. The van der Waals surface area contributed by atoms with Crippen LogP contribution < -0.4 is 14.8 Å². The lowest BCUT2D eigenvalue weighted by Crippen LogP contribution is -2.06. The second-order valence-electron chi connectivity index (χ2n) is 4.38. The van der Waals surface area contributed by atoms with Gasteiger partial charge in [-0.15, -0.1) is 0 Å². The van der Waals surface area contributed by atoms with E-state index in [0.29, 0.717) is 28.0 Å². The summed E-state index contributed by atoms with van der Waals surface area (Å²) in [5.41, 5.74) is 1.41. The molecule has 0 aliphatic rings. The Bertz CT molecular complexity index is 620. The average Bonchev–Trinajstić information content (AvgIpc) is 2.52. The Morgan fingerprint density at radius 3 is 2.67 bits per heavy atom. The standard InChI is InChI=1S/C15H18ClN3O2/c1-4-7-17-15-14(21-3)13(18-9-19-15)11-8-10(16)5-6-12(11)20-2/h5-6,8-9H,4,7H2,1-3H3,(H,17,18,19). The van der Waals surface area contributed by atoms with Crippen molar-refractivity contribution >= 4 is 17.4 Å². The lowest BCUT2D eigenvalue weighted by molar-refractivity contribution is 0.408. The molecular formula is C15H18ClN3O2. The van der Waals surface area contributed by atoms with Gasteiger partial charge in [0.25, 0.3) is 0 Å². The third-order valence-corrected chi connectivity index (χ3v) is 3.20. The Hall–Kier alpha value is -2.01. The molecule has 112 valence electrons. The molecule has 0 aliphatic carbocycles. The van der Waals surface area contributed by atoms with E-state index in [1.165, 1.54) is 6.33 Å². The van der Waals surface area contributed by atoms with E-state index in [1.807, 2.05) is 0 Å². The minimum absolute atomic E-state index is 0.575. The topological polar surface area (TPSA) is 56.3 Å². The molecule has 5 nitrogen and oxygen atoms in total. The zero-order valence-electron chi connectivity index (χ0n) is 12.3. The minimum Gasteiger partial charge on any atom is -0.496 e. The van der Waals surface area contributed by atoms with Crippen molar-refractivity contribution in [2.24, 2.45) is 0 Å². The molecule has 21 heavy (non-hydrogen) atoms. The Kier molecular flexibility index (Phi) is 5.22. The highest BCUT2D eigenvalue weighted by Crippen LogP contribution is 2.39. The van der Waals surface area contributed by atoms with Crippen LogP contribution in [0.1, 0.15) is 13.3 Å². The molecule has 0 unspecified atom stereocenters. The highest BCUT2D eigenvalue weighted by atomic mass is 35.5. The Morgan fingerprint density at radius 1 is 1.19 bits per heavy atom. The summed E-state index contributed by atoms with van der Waals surface area (Å²) in [5.74, 6) is 1.91. The molecular weight excluding hydrogens is 290 g/mol. The highest BCUT2D eigenvalue weighted by Gasteiger charge is 2.17. The van der Waals surface area contributed by atoms with Crippen molar-refractivity contribution < 1.29 is 9.47 Å². The Labute approximate surface area is 129 Å². The number of nitrogens with one attached hydrogen (secondary N) is 1. The summed E-state index contributed by atoms with van der Waals surface area (Å²) < 4.78 is 10.9. The van der Waals surface area contributed by atoms with Crippen LogP contribution >= 0.6 is 11.6 Å². The molecule has 0 atom stereocenters. The third kappa shape index (κ3) is 3.36. The van der Waals surface area contributed by atoms with Crippen molar-refractivity contribution in [1.82, 2.24) is 9.97 Å². The smallest absolute Gasteiger partial charge is 0.187 e. The largest absolute Gasteiger partial charge is 0.496 e. The average molecular weight is 308 g/mol. The van der Waals surface area contributed by atoms with Crippen molar-refractivity contribution in [2.45, 2.75) is 13.3 Å². The fourth-order valence-electron chi connectivity index (χ4n) is 1.99. The van der Waals surface area contributed by atoms with E-state index in [1.54, 1.807) is 32.4 Å². The number of hydrogen-bond acceptors (Lipinski definition) is 5. The number of benzene rings is 1. The van der Waals surface area contributed by atoms with Crippen LogP contribution in [-0.2, 0) is 0 Å². The highest BCUT2D eigenvalue weighted by molar-refractivity contribution is 6.31. The second-order valence-corrected chi connectivity index (χ2v) is 4.81. The summed E-state index contributed by atoms with van der Waals surface area (Å²) in [6.45, 7) is 2.89. The van der Waals surface area contributed by atoms with Crippen LogP contribution in [0.25, 0.3) is 11.3 Å². The summed E-state index contributed by atoms with van der Waals surface area (Å²) in [5, 5.41) is 3.83. The van der Waals surface area contributed by atoms with E-state index in [9.17, 15) is 0 Å². The van der Waals surface area contributed by atoms with Gasteiger partial charge in [0.2, 0.25) is 0 Å². The summed E-state index contributed by atoms with van der Waals surface area (Å²) >= 11 is 6.09. The van der Waals surface area contributed by atoms with Gasteiger partial charge in [0.05, 0.1) is 14.2 Å². The van der Waals surface area contributed by atoms with Gasteiger partial charge in [0, 0.05) is 17.1 Å². The van der Waals surface area contributed by atoms with Crippen LogP contribution in [0.15, 0.2) is 24.5 Å². The first-order chi connectivity index (χ1) is 10.2. The number of nitrogens with zero attached hydrogens (tertiary/aromatic N) is 2. The predicted molar refractivity (Wildman–Crippen MR) is 84.4 cm³/mol. The quantitative estimate of drug-likeness (QED) is 0.883. The number of halogens is 1. The number of anilines is 1. The molecule has 1 aromatic heterocycles. The lowest BCUT2D eigenvalue weighted by Gasteiger charge is -2.15. The molecule has 0 amide bonds. The van der Waals surface area contributed by atoms with Crippen molar-refractivity contribution in [3.63, 3.8) is 0 Å². The molecule has 0 spiro atoms. The number of aromatic nitrogens is 2. The van der Waals surface area contributed by atoms with Gasteiger partial charge in [-0.1, -0.05) is 18.5 Å². The Balaban J connectivity index is 2.55.